The van der Waals surface area contributed by atoms with Gasteiger partial charge in [-0.3, -0.25) is 9.78 Å². The number of hydrogen-bond donors (Lipinski definition) is 2. The number of halogens is 3. The molecule has 94 valence electrons. The molecule has 1 aromatic carbocycles. The van der Waals surface area contributed by atoms with E-state index in [2.05, 4.69) is 5.10 Å². The molecule has 2 aromatic rings. The molecule has 18 heavy (non-hydrogen) atoms. The lowest BCUT2D eigenvalue weighted by Crippen LogP contribution is -2.27. The lowest BCUT2D eigenvalue weighted by atomic mass is 10.1. The van der Waals surface area contributed by atoms with Crippen LogP contribution in [0.1, 0.15) is 11.3 Å². The van der Waals surface area contributed by atoms with Crippen molar-refractivity contribution in [2.45, 2.75) is 6.42 Å². The molecule has 0 atom stereocenters. The molecule has 0 unspecified atom stereocenters. The van der Waals surface area contributed by atoms with Gasteiger partial charge >= 0.3 is 5.69 Å². The zero-order valence-corrected chi connectivity index (χ0v) is 8.76. The maximum absolute atomic E-state index is 13.3. The summed E-state index contributed by atoms with van der Waals surface area (Å²) in [6.45, 7) is 0. The number of rotatable bonds is 2. The fourth-order valence-electron chi connectivity index (χ4n) is 1.37. The summed E-state index contributed by atoms with van der Waals surface area (Å²) in [6.07, 6.45) is -0.366. The Kier molecular flexibility index (Phi) is 3.00. The van der Waals surface area contributed by atoms with Gasteiger partial charge in [-0.05, 0) is 11.6 Å². The highest BCUT2D eigenvalue weighted by atomic mass is 19.2. The molecular formula is C10H6F3N3O2. The molecule has 0 saturated heterocycles. The second kappa shape index (κ2) is 4.47. The number of H-pyrrole nitrogens is 2. The predicted molar refractivity (Wildman–Crippen MR) is 54.6 cm³/mol. The van der Waals surface area contributed by atoms with Crippen LogP contribution in [0.5, 0.6) is 0 Å². The minimum Gasteiger partial charge on any atom is -0.271 e. The average molecular weight is 257 g/mol. The van der Waals surface area contributed by atoms with Gasteiger partial charge in [0.1, 0.15) is 11.5 Å². The molecule has 0 amide bonds. The summed E-state index contributed by atoms with van der Waals surface area (Å²) >= 11 is 0. The van der Waals surface area contributed by atoms with Gasteiger partial charge in [-0.15, -0.1) is 0 Å². The van der Waals surface area contributed by atoms with E-state index in [1.54, 1.807) is 0 Å². The number of aromatic nitrogens is 3. The molecule has 0 bridgehead atoms. The van der Waals surface area contributed by atoms with Crippen molar-refractivity contribution in [3.05, 3.63) is 61.7 Å². The number of aromatic amines is 2. The topological polar surface area (TPSA) is 78.6 Å². The second-order valence-corrected chi connectivity index (χ2v) is 3.49. The van der Waals surface area contributed by atoms with E-state index in [-0.39, 0.29) is 17.7 Å². The zero-order chi connectivity index (χ0) is 13.3. The third-order valence-electron chi connectivity index (χ3n) is 2.23. The first kappa shape index (κ1) is 12.1. The average Bonchev–Trinajstić information content (AvgIpc) is 2.29. The molecule has 0 aliphatic rings. The summed E-state index contributed by atoms with van der Waals surface area (Å²) < 4.78 is 38.9. The Bertz CT molecular complexity index is 708. The molecule has 5 nitrogen and oxygen atoms in total. The van der Waals surface area contributed by atoms with E-state index >= 15 is 0 Å². The van der Waals surface area contributed by atoms with Gasteiger partial charge in [-0.1, -0.05) is 0 Å². The number of benzene rings is 1. The van der Waals surface area contributed by atoms with Crippen LogP contribution in [-0.4, -0.2) is 15.2 Å². The van der Waals surface area contributed by atoms with Crippen molar-refractivity contribution in [1.29, 1.82) is 0 Å². The van der Waals surface area contributed by atoms with Gasteiger partial charge in [0.15, 0.2) is 11.6 Å². The monoisotopic (exact) mass is 257 g/mol. The molecule has 1 heterocycles. The van der Waals surface area contributed by atoms with Gasteiger partial charge in [0.05, 0.1) is 0 Å². The Hall–Kier alpha value is -2.38. The molecule has 8 heteroatoms. The van der Waals surface area contributed by atoms with E-state index in [9.17, 15) is 22.8 Å². The van der Waals surface area contributed by atoms with Crippen LogP contribution < -0.4 is 11.2 Å². The summed E-state index contributed by atoms with van der Waals surface area (Å²) in [5, 5.41) is 5.36. The Balaban J connectivity index is 2.43. The van der Waals surface area contributed by atoms with Gasteiger partial charge in [-0.2, -0.15) is 5.10 Å². The first-order valence-corrected chi connectivity index (χ1v) is 4.78. The fraction of sp³-hybridized carbons (Fsp3) is 0.100. The van der Waals surface area contributed by atoms with E-state index < -0.39 is 28.7 Å². The van der Waals surface area contributed by atoms with Crippen LogP contribution in [0.4, 0.5) is 13.2 Å². The summed E-state index contributed by atoms with van der Waals surface area (Å²) in [7, 11) is 0. The van der Waals surface area contributed by atoms with Crippen molar-refractivity contribution in [1.82, 2.24) is 15.2 Å². The molecule has 0 fully saturated rings. The maximum Gasteiger partial charge on any atom is 0.342 e. The van der Waals surface area contributed by atoms with E-state index in [4.69, 9.17) is 0 Å². The largest absolute Gasteiger partial charge is 0.342 e. The number of nitrogens with one attached hydrogen (secondary N) is 2. The Labute approximate surface area is 97.3 Å². The lowest BCUT2D eigenvalue weighted by Gasteiger charge is -2.02. The lowest BCUT2D eigenvalue weighted by molar-refractivity contribution is 0.490. The summed E-state index contributed by atoms with van der Waals surface area (Å²) in [6, 6.07) is 1.02. The van der Waals surface area contributed by atoms with Crippen LogP contribution in [0, 0.1) is 17.5 Å². The predicted octanol–water partition coefficient (Wildman–Crippen LogP) is 0.466. The molecule has 2 N–H and O–H groups in total. The molecule has 0 aliphatic heterocycles. The first-order chi connectivity index (χ1) is 8.47. The van der Waals surface area contributed by atoms with Crippen molar-refractivity contribution >= 4 is 0 Å². The zero-order valence-electron chi connectivity index (χ0n) is 8.76. The molecule has 2 rings (SSSR count). The number of nitrogens with zero attached hydrogens (tertiary/aromatic N) is 1. The quantitative estimate of drug-likeness (QED) is 0.767. The van der Waals surface area contributed by atoms with Crippen LogP contribution >= 0.6 is 0 Å². The molecular weight excluding hydrogens is 251 g/mol. The summed E-state index contributed by atoms with van der Waals surface area (Å²) in [4.78, 5) is 23.9. The van der Waals surface area contributed by atoms with Gasteiger partial charge in [0.25, 0.3) is 5.56 Å². The van der Waals surface area contributed by atoms with Gasteiger partial charge in [0.2, 0.25) is 0 Å². The molecule has 0 aliphatic carbocycles. The van der Waals surface area contributed by atoms with Crippen LogP contribution in [-0.2, 0) is 6.42 Å². The highest BCUT2D eigenvalue weighted by Crippen LogP contribution is 2.15. The van der Waals surface area contributed by atoms with Gasteiger partial charge < -0.3 is 0 Å². The normalized spacial score (nSPS) is 10.6. The third kappa shape index (κ3) is 2.31. The van der Waals surface area contributed by atoms with Gasteiger partial charge in [-0.25, -0.2) is 23.1 Å². The highest BCUT2D eigenvalue weighted by molar-refractivity contribution is 5.23. The van der Waals surface area contributed by atoms with Crippen LogP contribution in [0.15, 0.2) is 21.7 Å². The molecule has 0 radical (unpaired) electrons. The first-order valence-electron chi connectivity index (χ1n) is 4.78. The number of hydrogen-bond acceptors (Lipinski definition) is 3. The maximum atomic E-state index is 13.3. The van der Waals surface area contributed by atoms with Crippen LogP contribution in [0.25, 0.3) is 0 Å². The van der Waals surface area contributed by atoms with Crippen molar-refractivity contribution in [2.24, 2.45) is 0 Å². The van der Waals surface area contributed by atoms with Gasteiger partial charge in [0, 0.05) is 12.5 Å². The van der Waals surface area contributed by atoms with Crippen LogP contribution in [0.2, 0.25) is 0 Å². The highest BCUT2D eigenvalue weighted by Gasteiger charge is 2.12. The minimum atomic E-state index is -1.32. The smallest absolute Gasteiger partial charge is 0.271 e. The van der Waals surface area contributed by atoms with Crippen molar-refractivity contribution in [3.8, 4) is 0 Å². The minimum absolute atomic E-state index is 0.209. The Morgan fingerprint density at radius 3 is 2.39 bits per heavy atom. The van der Waals surface area contributed by atoms with E-state index in [1.807, 2.05) is 10.1 Å². The summed E-state index contributed by atoms with van der Waals surface area (Å²) in [5.41, 5.74) is -2.07. The SMILES string of the molecule is O=c1[nH]nc(Cc2cc(F)c(F)cc2F)c(=O)[nH]1. The second-order valence-electron chi connectivity index (χ2n) is 3.49. The van der Waals surface area contributed by atoms with E-state index in [0.717, 1.165) is 0 Å². The van der Waals surface area contributed by atoms with Crippen molar-refractivity contribution < 1.29 is 13.2 Å². The van der Waals surface area contributed by atoms with Crippen molar-refractivity contribution in [3.63, 3.8) is 0 Å². The van der Waals surface area contributed by atoms with E-state index in [1.165, 1.54) is 0 Å². The molecule has 0 saturated carbocycles. The standard InChI is InChI=1S/C10H6F3N3O2/c11-5-3-7(13)6(12)1-4(5)2-8-9(17)14-10(18)16-15-8/h1,3H,2H2,(H2,14,16,17,18). The van der Waals surface area contributed by atoms with E-state index in [0.29, 0.717) is 12.1 Å². The Morgan fingerprint density at radius 1 is 1.06 bits per heavy atom. The van der Waals surface area contributed by atoms with Crippen molar-refractivity contribution in [2.75, 3.05) is 0 Å². The molecule has 0 spiro atoms. The fourth-order valence-corrected chi connectivity index (χ4v) is 1.37. The van der Waals surface area contributed by atoms with Crippen LogP contribution in [0.3, 0.4) is 0 Å². The Morgan fingerprint density at radius 2 is 1.72 bits per heavy atom. The summed E-state index contributed by atoms with van der Waals surface area (Å²) in [5.74, 6) is -3.55. The third-order valence-corrected chi connectivity index (χ3v) is 2.23. The molecule has 1 aromatic heterocycles.